The molecule has 19 heteroatoms. The molecule has 3 aromatic rings. The van der Waals surface area contributed by atoms with Crippen LogP contribution in [0.25, 0.3) is 5.69 Å². The molecule has 3 N–H and O–H groups in total. The standard InChI is InChI=1S/C31H33ClF7N7O4/c1-29(2,3)11-12-41-27(40)45(26(47)17-6-8-21(49-4)23(34)22(17)33)20(14-50-28(48)44-30(9-10-30)31(37,38)39)16-5-7-18(32)19(13-16)46-25(24(35)36)42-15-43-46/h5-8,13,15,20,24H,9-12,14H2,1-4H3,(H2,40,41)(H,44,48)/t20-/m1/s1. The van der Waals surface area contributed by atoms with Crippen molar-refractivity contribution in [1.82, 2.24) is 30.3 Å². The highest BCUT2D eigenvalue weighted by Gasteiger charge is 2.64. The van der Waals surface area contributed by atoms with Crippen molar-refractivity contribution in [3.05, 3.63) is 70.3 Å². The third kappa shape index (κ3) is 8.39. The first-order valence-corrected chi connectivity index (χ1v) is 15.4. The molecular formula is C31H33ClF7N7O4. The van der Waals surface area contributed by atoms with Crippen molar-refractivity contribution in [3.8, 4) is 11.4 Å². The van der Waals surface area contributed by atoms with Crippen LogP contribution in [0.2, 0.25) is 5.02 Å². The lowest BCUT2D eigenvalue weighted by Crippen LogP contribution is -2.50. The Balaban J connectivity index is 1.83. The van der Waals surface area contributed by atoms with Crippen molar-refractivity contribution in [2.75, 3.05) is 20.3 Å². The molecule has 4 rings (SSSR count). The summed E-state index contributed by atoms with van der Waals surface area (Å²) in [5.74, 6) is -6.59. The summed E-state index contributed by atoms with van der Waals surface area (Å²) >= 11 is 6.32. The molecule has 1 aliphatic carbocycles. The van der Waals surface area contributed by atoms with E-state index in [2.05, 4.69) is 15.4 Å². The fourth-order valence-electron chi connectivity index (χ4n) is 4.82. The molecule has 0 unspecified atom stereocenters. The monoisotopic (exact) mass is 735 g/mol. The molecule has 1 fully saturated rings. The van der Waals surface area contributed by atoms with Crippen molar-refractivity contribution in [1.29, 1.82) is 5.41 Å². The van der Waals surface area contributed by atoms with Gasteiger partial charge in [0.1, 0.15) is 18.5 Å². The van der Waals surface area contributed by atoms with Crippen LogP contribution < -0.4 is 15.4 Å². The zero-order valence-corrected chi connectivity index (χ0v) is 27.9. The lowest BCUT2D eigenvalue weighted by atomic mass is 9.92. The van der Waals surface area contributed by atoms with Gasteiger partial charge in [0.15, 0.2) is 23.4 Å². The highest BCUT2D eigenvalue weighted by atomic mass is 35.5. The van der Waals surface area contributed by atoms with Crippen LogP contribution >= 0.6 is 11.6 Å². The fraction of sp³-hybridized carbons (Fsp3) is 0.452. The van der Waals surface area contributed by atoms with Gasteiger partial charge in [-0.15, -0.1) is 0 Å². The van der Waals surface area contributed by atoms with Gasteiger partial charge in [0, 0.05) is 6.54 Å². The predicted molar refractivity (Wildman–Crippen MR) is 165 cm³/mol. The number of carbonyl (C=O) groups excluding carboxylic acids is 2. The Morgan fingerprint density at radius 3 is 2.38 bits per heavy atom. The molecule has 1 aliphatic rings. The molecule has 2 aromatic carbocycles. The Morgan fingerprint density at radius 1 is 1.12 bits per heavy atom. The number of alkyl carbamates (subject to hydrolysis) is 1. The van der Waals surface area contributed by atoms with E-state index in [0.717, 1.165) is 31.6 Å². The van der Waals surface area contributed by atoms with E-state index < -0.39 is 90.4 Å². The Bertz CT molecular complexity index is 1740. The van der Waals surface area contributed by atoms with Crippen LogP contribution in [0.15, 0.2) is 36.7 Å². The number of hydrogen-bond donors (Lipinski definition) is 3. The maximum absolute atomic E-state index is 15.3. The van der Waals surface area contributed by atoms with Gasteiger partial charge in [0.2, 0.25) is 5.82 Å². The van der Waals surface area contributed by atoms with Crippen molar-refractivity contribution in [2.24, 2.45) is 5.41 Å². The van der Waals surface area contributed by atoms with Gasteiger partial charge in [0.25, 0.3) is 12.3 Å². The van der Waals surface area contributed by atoms with E-state index in [9.17, 15) is 35.9 Å². The van der Waals surface area contributed by atoms with Gasteiger partial charge in [-0.1, -0.05) is 38.4 Å². The number of carbonyl (C=O) groups is 2. The topological polar surface area (TPSA) is 134 Å². The highest BCUT2D eigenvalue weighted by molar-refractivity contribution is 6.32. The third-order valence-electron chi connectivity index (χ3n) is 7.79. The molecule has 11 nitrogen and oxygen atoms in total. The van der Waals surface area contributed by atoms with E-state index in [0.29, 0.717) is 16.0 Å². The number of nitrogens with one attached hydrogen (secondary N) is 3. The maximum Gasteiger partial charge on any atom is 0.411 e. The van der Waals surface area contributed by atoms with E-state index in [-0.39, 0.29) is 28.2 Å². The number of nitrogens with zero attached hydrogens (tertiary/aromatic N) is 4. The molecule has 272 valence electrons. The molecule has 0 saturated heterocycles. The molecule has 1 heterocycles. The quantitative estimate of drug-likeness (QED) is 0.109. The normalized spacial score (nSPS) is 14.6. The van der Waals surface area contributed by atoms with E-state index in [4.69, 9.17) is 26.5 Å². The number of halogens is 8. The van der Waals surface area contributed by atoms with E-state index in [1.54, 1.807) is 5.32 Å². The van der Waals surface area contributed by atoms with Crippen molar-refractivity contribution >= 4 is 29.6 Å². The van der Waals surface area contributed by atoms with Gasteiger partial charge in [-0.2, -0.15) is 22.7 Å². The summed E-state index contributed by atoms with van der Waals surface area (Å²) in [5.41, 5.74) is -3.97. The summed E-state index contributed by atoms with van der Waals surface area (Å²) < 4.78 is 109. The second-order valence-corrected chi connectivity index (χ2v) is 13.0. The molecule has 1 atom stereocenters. The van der Waals surface area contributed by atoms with Crippen LogP contribution in [-0.4, -0.2) is 69.6 Å². The van der Waals surface area contributed by atoms with Crippen LogP contribution in [0.3, 0.4) is 0 Å². The van der Waals surface area contributed by atoms with E-state index in [1.165, 1.54) is 12.1 Å². The lowest BCUT2D eigenvalue weighted by Gasteiger charge is -2.33. The maximum atomic E-state index is 15.3. The minimum absolute atomic E-state index is 0.0797. The summed E-state index contributed by atoms with van der Waals surface area (Å²) in [6, 6.07) is 3.76. The first-order chi connectivity index (χ1) is 23.3. The number of amides is 2. The molecule has 1 aromatic heterocycles. The first-order valence-electron chi connectivity index (χ1n) is 15.0. The van der Waals surface area contributed by atoms with E-state index in [1.807, 2.05) is 20.8 Å². The van der Waals surface area contributed by atoms with Crippen LogP contribution in [0.4, 0.5) is 35.5 Å². The number of alkyl halides is 5. The lowest BCUT2D eigenvalue weighted by molar-refractivity contribution is -0.164. The van der Waals surface area contributed by atoms with Gasteiger partial charge in [-0.05, 0) is 54.5 Å². The number of benzene rings is 2. The number of rotatable bonds is 11. The summed E-state index contributed by atoms with van der Waals surface area (Å²) in [5, 5.41) is 17.0. The van der Waals surface area contributed by atoms with Gasteiger partial charge >= 0.3 is 12.3 Å². The van der Waals surface area contributed by atoms with Gasteiger partial charge in [-0.3, -0.25) is 15.1 Å². The molecule has 0 radical (unpaired) electrons. The Hall–Kier alpha value is -4.61. The molecule has 2 amide bonds. The van der Waals surface area contributed by atoms with Gasteiger partial charge in [0.05, 0.1) is 29.4 Å². The second-order valence-electron chi connectivity index (χ2n) is 12.6. The second kappa shape index (κ2) is 14.7. The zero-order valence-electron chi connectivity index (χ0n) is 27.1. The van der Waals surface area contributed by atoms with Crippen molar-refractivity contribution in [3.63, 3.8) is 0 Å². The Kier molecular flexibility index (Phi) is 11.2. The molecule has 1 saturated carbocycles. The Morgan fingerprint density at radius 2 is 1.80 bits per heavy atom. The SMILES string of the molecule is COc1ccc(C(=O)N(C(=N)NCCC(C)(C)C)[C@H](COC(=O)NC2(C(F)(F)F)CC2)c2ccc(Cl)c(-n3ncnc3C(F)F)c2)c(F)c1F. The Labute approximate surface area is 286 Å². The summed E-state index contributed by atoms with van der Waals surface area (Å²) in [6.07, 6.45) is -8.99. The van der Waals surface area contributed by atoms with Gasteiger partial charge in [-0.25, -0.2) is 27.6 Å². The number of hydrogen-bond acceptors (Lipinski definition) is 7. The number of aromatic nitrogens is 3. The third-order valence-corrected chi connectivity index (χ3v) is 8.11. The van der Waals surface area contributed by atoms with Crippen LogP contribution in [-0.2, 0) is 4.74 Å². The molecule has 0 bridgehead atoms. The molecule has 50 heavy (non-hydrogen) atoms. The number of methoxy groups -OCH3 is 1. The summed E-state index contributed by atoms with van der Waals surface area (Å²) in [7, 11) is 1.07. The highest BCUT2D eigenvalue weighted by Crippen LogP contribution is 2.49. The molecule has 0 spiro atoms. The average molecular weight is 736 g/mol. The fourth-order valence-corrected chi connectivity index (χ4v) is 5.02. The van der Waals surface area contributed by atoms with E-state index >= 15 is 4.39 Å². The first kappa shape index (κ1) is 38.2. The average Bonchev–Trinajstić information content (AvgIpc) is 3.65. The molecule has 0 aliphatic heterocycles. The van der Waals surface area contributed by atoms with Crippen LogP contribution in [0.1, 0.15) is 74.2 Å². The van der Waals surface area contributed by atoms with Crippen molar-refractivity contribution in [2.45, 2.75) is 64.2 Å². The summed E-state index contributed by atoms with van der Waals surface area (Å²) in [6.45, 7) is 4.80. The molecular weight excluding hydrogens is 703 g/mol. The number of ether oxygens (including phenoxy) is 2. The minimum Gasteiger partial charge on any atom is -0.494 e. The number of guanidine groups is 1. The van der Waals surface area contributed by atoms with Gasteiger partial charge < -0.3 is 20.1 Å². The van der Waals surface area contributed by atoms with Crippen LogP contribution in [0, 0.1) is 22.5 Å². The zero-order chi connectivity index (χ0) is 37.2. The van der Waals surface area contributed by atoms with Crippen molar-refractivity contribution < 1.29 is 49.8 Å². The predicted octanol–water partition coefficient (Wildman–Crippen LogP) is 7.11. The van der Waals surface area contributed by atoms with Crippen LogP contribution in [0.5, 0.6) is 5.75 Å². The smallest absolute Gasteiger partial charge is 0.411 e. The minimum atomic E-state index is -4.80. The largest absolute Gasteiger partial charge is 0.494 e. The summed E-state index contributed by atoms with van der Waals surface area (Å²) in [4.78, 5) is 31.0.